The quantitative estimate of drug-likeness (QED) is 0.775. The third-order valence-corrected chi connectivity index (χ3v) is 3.20. The first kappa shape index (κ1) is 16.6. The van der Waals surface area contributed by atoms with E-state index in [4.69, 9.17) is 0 Å². The Balaban J connectivity index is 1.67. The van der Waals surface area contributed by atoms with Crippen LogP contribution < -0.4 is 10.1 Å². The second-order valence-electron chi connectivity index (χ2n) is 5.01. The van der Waals surface area contributed by atoms with Gasteiger partial charge in [0.05, 0.1) is 5.69 Å². The van der Waals surface area contributed by atoms with Gasteiger partial charge in [-0.15, -0.1) is 13.2 Å². The van der Waals surface area contributed by atoms with Gasteiger partial charge < -0.3 is 10.1 Å². The number of ether oxygens (including phenoxy) is 1. The van der Waals surface area contributed by atoms with Crippen LogP contribution in [0, 0.1) is 0 Å². The lowest BCUT2D eigenvalue weighted by atomic mass is 10.2. The zero-order valence-electron chi connectivity index (χ0n) is 12.7. The molecule has 0 saturated carbocycles. The highest BCUT2D eigenvalue weighted by Gasteiger charge is 2.31. The minimum Gasteiger partial charge on any atom is -0.406 e. The molecule has 3 rings (SSSR count). The summed E-state index contributed by atoms with van der Waals surface area (Å²) in [6.45, 7) is 0. The summed E-state index contributed by atoms with van der Waals surface area (Å²) in [6, 6.07) is 15.6. The summed E-state index contributed by atoms with van der Waals surface area (Å²) in [5, 5.41) is 6.81. The molecule has 1 N–H and O–H groups in total. The normalized spacial score (nSPS) is 11.2. The maximum atomic E-state index is 12.1. The molecule has 0 fully saturated rings. The fourth-order valence-electron chi connectivity index (χ4n) is 2.11. The first-order chi connectivity index (χ1) is 11.9. The molecule has 8 heteroatoms. The second kappa shape index (κ2) is 6.68. The van der Waals surface area contributed by atoms with E-state index in [1.165, 1.54) is 12.1 Å². The molecule has 25 heavy (non-hydrogen) atoms. The van der Waals surface area contributed by atoms with E-state index in [2.05, 4.69) is 15.2 Å². The van der Waals surface area contributed by atoms with Crippen LogP contribution in [-0.4, -0.2) is 22.1 Å². The summed E-state index contributed by atoms with van der Waals surface area (Å²) in [5.74, 6) is -0.557. The smallest absolute Gasteiger partial charge is 0.406 e. The molecular formula is C17H12F3N3O2. The highest BCUT2D eigenvalue weighted by atomic mass is 19.4. The maximum absolute atomic E-state index is 12.1. The van der Waals surface area contributed by atoms with Crippen LogP contribution in [0.4, 0.5) is 19.0 Å². The number of rotatable bonds is 4. The zero-order valence-corrected chi connectivity index (χ0v) is 12.7. The summed E-state index contributed by atoms with van der Waals surface area (Å²) < 4.78 is 41.7. The van der Waals surface area contributed by atoms with E-state index in [1.54, 1.807) is 16.9 Å². The molecule has 0 aliphatic carbocycles. The van der Waals surface area contributed by atoms with Crippen molar-refractivity contribution in [2.75, 3.05) is 5.32 Å². The molecule has 0 spiro atoms. The van der Waals surface area contributed by atoms with Gasteiger partial charge in [0.2, 0.25) is 0 Å². The molecule has 0 unspecified atom stereocenters. The number of halogens is 3. The Morgan fingerprint density at radius 2 is 1.68 bits per heavy atom. The van der Waals surface area contributed by atoms with Crippen LogP contribution in [0.25, 0.3) is 5.69 Å². The standard InChI is InChI=1S/C17H12F3N3O2/c18-17(19,20)25-14-8-6-12(7-9-14)16(24)21-15-10-11-23(22-15)13-4-2-1-3-5-13/h1-11H,(H,21,22,24). The number of nitrogens with one attached hydrogen (secondary N) is 1. The third kappa shape index (κ3) is 4.37. The summed E-state index contributed by atoms with van der Waals surface area (Å²) >= 11 is 0. The van der Waals surface area contributed by atoms with E-state index in [-0.39, 0.29) is 5.56 Å². The number of benzene rings is 2. The van der Waals surface area contributed by atoms with Crippen molar-refractivity contribution in [3.05, 3.63) is 72.4 Å². The summed E-state index contributed by atoms with van der Waals surface area (Å²) in [6.07, 6.45) is -3.08. The van der Waals surface area contributed by atoms with Crippen LogP contribution in [0.1, 0.15) is 10.4 Å². The number of carbonyl (C=O) groups excluding carboxylic acids is 1. The predicted octanol–water partition coefficient (Wildman–Crippen LogP) is 4.02. The molecule has 1 heterocycles. The van der Waals surface area contributed by atoms with Crippen LogP contribution in [0.15, 0.2) is 66.9 Å². The first-order valence-electron chi connectivity index (χ1n) is 7.19. The van der Waals surface area contributed by atoms with Crippen molar-refractivity contribution >= 4 is 11.7 Å². The SMILES string of the molecule is O=C(Nc1ccn(-c2ccccc2)n1)c1ccc(OC(F)(F)F)cc1. The van der Waals surface area contributed by atoms with Crippen LogP contribution in [0.2, 0.25) is 0 Å². The monoisotopic (exact) mass is 347 g/mol. The lowest BCUT2D eigenvalue weighted by Gasteiger charge is -2.09. The number of nitrogens with zero attached hydrogens (tertiary/aromatic N) is 2. The molecular weight excluding hydrogens is 335 g/mol. The van der Waals surface area contributed by atoms with Gasteiger partial charge in [-0.1, -0.05) is 18.2 Å². The van der Waals surface area contributed by atoms with Gasteiger partial charge in [0, 0.05) is 17.8 Å². The average molecular weight is 347 g/mol. The van der Waals surface area contributed by atoms with Gasteiger partial charge >= 0.3 is 6.36 Å². The van der Waals surface area contributed by atoms with Gasteiger partial charge in [-0.3, -0.25) is 4.79 Å². The van der Waals surface area contributed by atoms with Gasteiger partial charge in [0.1, 0.15) is 5.75 Å². The second-order valence-corrected chi connectivity index (χ2v) is 5.01. The highest BCUT2D eigenvalue weighted by Crippen LogP contribution is 2.23. The van der Waals surface area contributed by atoms with E-state index in [0.29, 0.717) is 5.82 Å². The van der Waals surface area contributed by atoms with Crippen molar-refractivity contribution in [3.63, 3.8) is 0 Å². The van der Waals surface area contributed by atoms with Crippen LogP contribution in [0.5, 0.6) is 5.75 Å². The number of aromatic nitrogens is 2. The molecule has 2 aromatic carbocycles. The van der Waals surface area contributed by atoms with Crippen LogP contribution in [-0.2, 0) is 0 Å². The summed E-state index contributed by atoms with van der Waals surface area (Å²) in [7, 11) is 0. The maximum Gasteiger partial charge on any atom is 0.573 e. The van der Waals surface area contributed by atoms with Gasteiger partial charge in [-0.2, -0.15) is 5.10 Å². The van der Waals surface area contributed by atoms with E-state index < -0.39 is 18.0 Å². The summed E-state index contributed by atoms with van der Waals surface area (Å²) in [4.78, 5) is 12.1. The molecule has 0 radical (unpaired) electrons. The Bertz CT molecular complexity index is 859. The average Bonchev–Trinajstić information content (AvgIpc) is 3.03. The molecule has 5 nitrogen and oxygen atoms in total. The molecule has 0 aliphatic heterocycles. The number of hydrogen-bond donors (Lipinski definition) is 1. The molecule has 1 aromatic heterocycles. The molecule has 0 atom stereocenters. The van der Waals surface area contributed by atoms with E-state index >= 15 is 0 Å². The van der Waals surface area contributed by atoms with Crippen molar-refractivity contribution < 1.29 is 22.7 Å². The molecule has 1 amide bonds. The zero-order chi connectivity index (χ0) is 17.9. The number of para-hydroxylation sites is 1. The minimum absolute atomic E-state index is 0.184. The van der Waals surface area contributed by atoms with Gasteiger partial charge in [-0.05, 0) is 36.4 Å². The van der Waals surface area contributed by atoms with Gasteiger partial charge in [0.25, 0.3) is 5.91 Å². The van der Waals surface area contributed by atoms with Crippen LogP contribution in [0.3, 0.4) is 0 Å². The molecule has 0 saturated heterocycles. The van der Waals surface area contributed by atoms with E-state index in [1.807, 2.05) is 30.3 Å². The lowest BCUT2D eigenvalue weighted by molar-refractivity contribution is -0.274. The fourth-order valence-corrected chi connectivity index (χ4v) is 2.11. The molecule has 0 bridgehead atoms. The van der Waals surface area contributed by atoms with Crippen molar-refractivity contribution in [3.8, 4) is 11.4 Å². The number of hydrogen-bond acceptors (Lipinski definition) is 3. The lowest BCUT2D eigenvalue weighted by Crippen LogP contribution is -2.17. The number of alkyl halides is 3. The predicted molar refractivity (Wildman–Crippen MR) is 84.6 cm³/mol. The largest absolute Gasteiger partial charge is 0.573 e. The van der Waals surface area contributed by atoms with Gasteiger partial charge in [0.15, 0.2) is 5.82 Å². The van der Waals surface area contributed by atoms with E-state index in [0.717, 1.165) is 17.8 Å². The third-order valence-electron chi connectivity index (χ3n) is 3.20. The Morgan fingerprint density at radius 1 is 1.00 bits per heavy atom. The number of amides is 1. The Labute approximate surface area is 140 Å². The van der Waals surface area contributed by atoms with E-state index in [9.17, 15) is 18.0 Å². The summed E-state index contributed by atoms with van der Waals surface area (Å²) in [5.41, 5.74) is 1.01. The van der Waals surface area contributed by atoms with Crippen molar-refractivity contribution in [1.82, 2.24) is 9.78 Å². The van der Waals surface area contributed by atoms with Crippen molar-refractivity contribution in [2.24, 2.45) is 0 Å². The topological polar surface area (TPSA) is 56.2 Å². The number of carbonyl (C=O) groups is 1. The highest BCUT2D eigenvalue weighted by molar-refractivity contribution is 6.03. The van der Waals surface area contributed by atoms with Crippen LogP contribution >= 0.6 is 0 Å². The Hall–Kier alpha value is -3.29. The fraction of sp³-hybridized carbons (Fsp3) is 0.0588. The van der Waals surface area contributed by atoms with Crippen molar-refractivity contribution in [2.45, 2.75) is 6.36 Å². The number of anilines is 1. The molecule has 128 valence electrons. The molecule has 0 aliphatic rings. The Kier molecular flexibility index (Phi) is 4.42. The first-order valence-corrected chi connectivity index (χ1v) is 7.19. The van der Waals surface area contributed by atoms with Gasteiger partial charge in [-0.25, -0.2) is 4.68 Å². The van der Waals surface area contributed by atoms with Crippen molar-refractivity contribution in [1.29, 1.82) is 0 Å². The minimum atomic E-state index is -4.77. The Morgan fingerprint density at radius 3 is 2.32 bits per heavy atom. The molecule has 3 aromatic rings.